The Morgan fingerprint density at radius 1 is 1.39 bits per heavy atom. The number of hydrogen-bond acceptors (Lipinski definition) is 4. The van der Waals surface area contributed by atoms with Crippen molar-refractivity contribution in [3.8, 4) is 11.5 Å². The Balaban J connectivity index is 1.89. The number of carbonyl (C=O) groups excluding carboxylic acids is 1. The minimum Gasteiger partial charge on any atom is -0.454 e. The summed E-state index contributed by atoms with van der Waals surface area (Å²) in [6.07, 6.45) is 0.303. The van der Waals surface area contributed by atoms with Gasteiger partial charge in [0.25, 0.3) is 0 Å². The van der Waals surface area contributed by atoms with Crippen LogP contribution in [0.3, 0.4) is 0 Å². The summed E-state index contributed by atoms with van der Waals surface area (Å²) in [5.74, 6) is 1.41. The van der Waals surface area contributed by atoms with Gasteiger partial charge in [0.1, 0.15) is 0 Å². The van der Waals surface area contributed by atoms with E-state index in [4.69, 9.17) is 15.2 Å². The van der Waals surface area contributed by atoms with Crippen molar-refractivity contribution in [2.75, 3.05) is 6.79 Å². The summed E-state index contributed by atoms with van der Waals surface area (Å²) in [7, 11) is 0. The van der Waals surface area contributed by atoms with E-state index in [0.717, 1.165) is 17.1 Å². The van der Waals surface area contributed by atoms with Crippen molar-refractivity contribution in [3.05, 3.63) is 23.8 Å². The van der Waals surface area contributed by atoms with Gasteiger partial charge < -0.3 is 20.5 Å². The number of nitrogens with two attached hydrogens (primary N) is 1. The molecule has 1 amide bonds. The van der Waals surface area contributed by atoms with E-state index in [1.807, 2.05) is 32.0 Å². The first kappa shape index (κ1) is 12.7. The lowest BCUT2D eigenvalue weighted by Gasteiger charge is -2.17. The van der Waals surface area contributed by atoms with Gasteiger partial charge in [-0.1, -0.05) is 6.07 Å². The number of hydrogen-bond donors (Lipinski definition) is 2. The molecule has 1 aromatic rings. The van der Waals surface area contributed by atoms with Crippen molar-refractivity contribution in [2.24, 2.45) is 5.73 Å². The fourth-order valence-corrected chi connectivity index (χ4v) is 1.73. The Kier molecular flexibility index (Phi) is 3.43. The van der Waals surface area contributed by atoms with Crippen LogP contribution in [-0.4, -0.2) is 18.2 Å². The van der Waals surface area contributed by atoms with Crippen LogP contribution in [0.4, 0.5) is 0 Å². The fourth-order valence-electron chi connectivity index (χ4n) is 1.73. The molecule has 98 valence electrons. The summed E-state index contributed by atoms with van der Waals surface area (Å²) in [5, 5.41) is 2.83. The molecule has 1 aliphatic rings. The van der Waals surface area contributed by atoms with E-state index in [1.165, 1.54) is 0 Å². The second-order valence-electron chi connectivity index (χ2n) is 5.13. The number of ether oxygens (including phenoxy) is 2. The number of benzene rings is 1. The van der Waals surface area contributed by atoms with Crippen LogP contribution < -0.4 is 20.5 Å². The molecule has 0 aromatic heterocycles. The van der Waals surface area contributed by atoms with Crippen LogP contribution in [0.1, 0.15) is 25.8 Å². The third kappa shape index (κ3) is 3.37. The quantitative estimate of drug-likeness (QED) is 0.841. The molecule has 0 aliphatic carbocycles. The number of carbonyl (C=O) groups is 1. The normalized spacial score (nSPS) is 13.5. The zero-order valence-corrected chi connectivity index (χ0v) is 10.7. The maximum Gasteiger partial charge on any atom is 0.231 e. The van der Waals surface area contributed by atoms with Crippen LogP contribution >= 0.6 is 0 Å². The van der Waals surface area contributed by atoms with Crippen LogP contribution in [0, 0.1) is 0 Å². The molecule has 5 nitrogen and oxygen atoms in total. The predicted octanol–water partition coefficient (Wildman–Crippen LogP) is 1.16. The van der Waals surface area contributed by atoms with Crippen molar-refractivity contribution >= 4 is 5.91 Å². The lowest BCUT2D eigenvalue weighted by molar-refractivity contribution is -0.122. The molecule has 3 N–H and O–H groups in total. The van der Waals surface area contributed by atoms with Gasteiger partial charge in [-0.25, -0.2) is 0 Å². The second kappa shape index (κ2) is 4.86. The number of nitrogens with one attached hydrogen (secondary N) is 1. The van der Waals surface area contributed by atoms with Crippen LogP contribution in [0.2, 0.25) is 0 Å². The molecule has 0 fully saturated rings. The Morgan fingerprint density at radius 2 is 2.11 bits per heavy atom. The van der Waals surface area contributed by atoms with E-state index in [2.05, 4.69) is 5.32 Å². The average molecular weight is 250 g/mol. The summed E-state index contributed by atoms with van der Waals surface area (Å²) in [6, 6.07) is 5.62. The molecule has 18 heavy (non-hydrogen) atoms. The van der Waals surface area contributed by atoms with Gasteiger partial charge >= 0.3 is 0 Å². The lowest BCUT2D eigenvalue weighted by atomic mass is 10.0. The third-order valence-electron chi connectivity index (χ3n) is 2.54. The van der Waals surface area contributed by atoms with E-state index in [9.17, 15) is 4.79 Å². The van der Waals surface area contributed by atoms with Crippen molar-refractivity contribution in [1.29, 1.82) is 0 Å². The van der Waals surface area contributed by atoms with E-state index in [0.29, 0.717) is 13.0 Å². The van der Waals surface area contributed by atoms with Crippen molar-refractivity contribution < 1.29 is 14.3 Å². The van der Waals surface area contributed by atoms with Crippen LogP contribution in [0.5, 0.6) is 11.5 Å². The summed E-state index contributed by atoms with van der Waals surface area (Å²) < 4.78 is 10.5. The highest BCUT2D eigenvalue weighted by atomic mass is 16.7. The number of fused-ring (bicyclic) bond motifs is 1. The molecular weight excluding hydrogens is 232 g/mol. The van der Waals surface area contributed by atoms with Crippen molar-refractivity contribution in [1.82, 2.24) is 5.32 Å². The Labute approximate surface area is 106 Å². The largest absolute Gasteiger partial charge is 0.454 e. The first-order valence-electron chi connectivity index (χ1n) is 5.88. The Morgan fingerprint density at radius 3 is 2.83 bits per heavy atom. The molecule has 0 bridgehead atoms. The molecule has 0 saturated heterocycles. The molecule has 0 unspecified atom stereocenters. The maximum absolute atomic E-state index is 11.6. The van der Waals surface area contributed by atoms with E-state index in [-0.39, 0.29) is 12.7 Å². The standard InChI is InChI=1S/C13H18N2O3/c1-13(2,14)6-12(16)15-7-9-3-4-10-11(5-9)18-8-17-10/h3-5H,6-8,14H2,1-2H3,(H,15,16). The first-order valence-corrected chi connectivity index (χ1v) is 5.88. The first-order chi connectivity index (χ1) is 8.44. The van der Waals surface area contributed by atoms with Gasteiger partial charge in [0.15, 0.2) is 11.5 Å². The fraction of sp³-hybridized carbons (Fsp3) is 0.462. The summed E-state index contributed by atoms with van der Waals surface area (Å²) in [5.41, 5.74) is 6.27. The molecule has 1 heterocycles. The highest BCUT2D eigenvalue weighted by Gasteiger charge is 2.17. The Hall–Kier alpha value is -1.75. The zero-order chi connectivity index (χ0) is 13.2. The van der Waals surface area contributed by atoms with Gasteiger partial charge in [-0.3, -0.25) is 4.79 Å². The highest BCUT2D eigenvalue weighted by molar-refractivity contribution is 5.77. The zero-order valence-electron chi connectivity index (χ0n) is 10.7. The van der Waals surface area contributed by atoms with Crippen LogP contribution in [0.15, 0.2) is 18.2 Å². The molecule has 0 radical (unpaired) electrons. The topological polar surface area (TPSA) is 73.6 Å². The van der Waals surface area contributed by atoms with Gasteiger partial charge in [0.05, 0.1) is 0 Å². The number of amides is 1. The van der Waals surface area contributed by atoms with Crippen LogP contribution in [0.25, 0.3) is 0 Å². The van der Waals surface area contributed by atoms with Gasteiger partial charge in [0.2, 0.25) is 12.7 Å². The molecular formula is C13H18N2O3. The van der Waals surface area contributed by atoms with E-state index < -0.39 is 5.54 Å². The maximum atomic E-state index is 11.6. The summed E-state index contributed by atoms with van der Waals surface area (Å²) >= 11 is 0. The van der Waals surface area contributed by atoms with Gasteiger partial charge in [-0.05, 0) is 31.5 Å². The average Bonchev–Trinajstić information content (AvgIpc) is 2.71. The van der Waals surface area contributed by atoms with Gasteiger partial charge in [-0.2, -0.15) is 0 Å². The Bertz CT molecular complexity index is 452. The van der Waals surface area contributed by atoms with Crippen molar-refractivity contribution in [2.45, 2.75) is 32.4 Å². The third-order valence-corrected chi connectivity index (χ3v) is 2.54. The van der Waals surface area contributed by atoms with E-state index in [1.54, 1.807) is 0 Å². The molecule has 0 saturated carbocycles. The molecule has 1 aliphatic heterocycles. The monoisotopic (exact) mass is 250 g/mol. The second-order valence-corrected chi connectivity index (χ2v) is 5.13. The van der Waals surface area contributed by atoms with Gasteiger partial charge in [0, 0.05) is 18.5 Å². The number of rotatable bonds is 4. The lowest BCUT2D eigenvalue weighted by Crippen LogP contribution is -2.38. The van der Waals surface area contributed by atoms with E-state index >= 15 is 0 Å². The summed E-state index contributed by atoms with van der Waals surface area (Å²) in [4.78, 5) is 11.6. The highest BCUT2D eigenvalue weighted by Crippen LogP contribution is 2.32. The molecule has 0 spiro atoms. The molecule has 5 heteroatoms. The minimum absolute atomic E-state index is 0.0554. The van der Waals surface area contributed by atoms with Crippen LogP contribution in [-0.2, 0) is 11.3 Å². The summed E-state index contributed by atoms with van der Waals surface area (Å²) in [6.45, 7) is 4.37. The molecule has 1 aromatic carbocycles. The molecule has 2 rings (SSSR count). The predicted molar refractivity (Wildman–Crippen MR) is 67.3 cm³/mol. The minimum atomic E-state index is -0.487. The molecule has 0 atom stereocenters. The SMILES string of the molecule is CC(C)(N)CC(=O)NCc1ccc2c(c1)OCO2. The van der Waals surface area contributed by atoms with Crippen molar-refractivity contribution in [3.63, 3.8) is 0 Å². The smallest absolute Gasteiger partial charge is 0.231 e. The van der Waals surface area contributed by atoms with Gasteiger partial charge in [-0.15, -0.1) is 0 Å².